The summed E-state index contributed by atoms with van der Waals surface area (Å²) < 4.78 is 4.72. The number of esters is 1. The van der Waals surface area contributed by atoms with Crippen LogP contribution in [0.4, 0.5) is 0 Å². The molecule has 0 aromatic heterocycles. The van der Waals surface area contributed by atoms with Crippen LogP contribution in [-0.2, 0) is 9.53 Å². The number of carbonyl (C=O) groups excluding carboxylic acids is 1. The molecule has 0 aliphatic carbocycles. The van der Waals surface area contributed by atoms with Crippen molar-refractivity contribution in [2.75, 3.05) is 46.9 Å². The Morgan fingerprint density at radius 1 is 1.50 bits per heavy atom. The lowest BCUT2D eigenvalue weighted by molar-refractivity contribution is -0.146. The number of carbonyl (C=O) groups is 1. The molecule has 0 amide bonds. The Bertz CT molecular complexity index is 217. The SMILES string of the molecule is COC(=O)C(CN)N(C)CCN1CCCC1. The number of ether oxygens (including phenoxy) is 1. The zero-order valence-electron chi connectivity index (χ0n) is 10.3. The maximum Gasteiger partial charge on any atom is 0.324 e. The number of methoxy groups -OCH3 is 1. The van der Waals surface area contributed by atoms with E-state index >= 15 is 0 Å². The molecule has 2 N–H and O–H groups in total. The number of likely N-dealkylation sites (N-methyl/N-ethyl adjacent to an activating group) is 1. The third-order valence-corrected chi connectivity index (χ3v) is 3.20. The second-order valence-electron chi connectivity index (χ2n) is 4.30. The topological polar surface area (TPSA) is 58.8 Å². The fourth-order valence-electron chi connectivity index (χ4n) is 2.05. The molecule has 1 heterocycles. The van der Waals surface area contributed by atoms with Crippen molar-refractivity contribution in [2.45, 2.75) is 18.9 Å². The highest BCUT2D eigenvalue weighted by molar-refractivity contribution is 5.75. The van der Waals surface area contributed by atoms with Crippen molar-refractivity contribution in [2.24, 2.45) is 5.73 Å². The van der Waals surface area contributed by atoms with Gasteiger partial charge in [0.05, 0.1) is 7.11 Å². The predicted octanol–water partition coefficient (Wildman–Crippen LogP) is -0.486. The Balaban J connectivity index is 2.30. The Morgan fingerprint density at radius 3 is 2.62 bits per heavy atom. The zero-order chi connectivity index (χ0) is 12.0. The van der Waals surface area contributed by atoms with Gasteiger partial charge in [-0.15, -0.1) is 0 Å². The summed E-state index contributed by atoms with van der Waals surface area (Å²) in [5, 5.41) is 0. The summed E-state index contributed by atoms with van der Waals surface area (Å²) in [4.78, 5) is 15.8. The molecule has 0 aromatic carbocycles. The number of nitrogens with two attached hydrogens (primary N) is 1. The summed E-state index contributed by atoms with van der Waals surface area (Å²) in [7, 11) is 3.32. The van der Waals surface area contributed by atoms with E-state index in [1.807, 2.05) is 11.9 Å². The van der Waals surface area contributed by atoms with E-state index in [1.165, 1.54) is 33.0 Å². The number of rotatable bonds is 6. The number of hydrogen-bond acceptors (Lipinski definition) is 5. The summed E-state index contributed by atoms with van der Waals surface area (Å²) >= 11 is 0. The first-order chi connectivity index (χ1) is 7.69. The molecule has 1 rings (SSSR count). The van der Waals surface area contributed by atoms with Crippen molar-refractivity contribution in [3.05, 3.63) is 0 Å². The molecule has 0 spiro atoms. The molecule has 1 saturated heterocycles. The van der Waals surface area contributed by atoms with E-state index in [2.05, 4.69) is 4.90 Å². The van der Waals surface area contributed by atoms with Gasteiger partial charge in [-0.1, -0.05) is 0 Å². The smallest absolute Gasteiger partial charge is 0.324 e. The first kappa shape index (κ1) is 13.4. The quantitative estimate of drug-likeness (QED) is 0.623. The Morgan fingerprint density at radius 2 is 2.12 bits per heavy atom. The van der Waals surface area contributed by atoms with Crippen LogP contribution in [0.5, 0.6) is 0 Å². The highest BCUT2D eigenvalue weighted by Gasteiger charge is 2.22. The van der Waals surface area contributed by atoms with Gasteiger partial charge in [-0.2, -0.15) is 0 Å². The van der Waals surface area contributed by atoms with Gasteiger partial charge in [-0.25, -0.2) is 0 Å². The fraction of sp³-hybridized carbons (Fsp3) is 0.909. The first-order valence-electron chi connectivity index (χ1n) is 5.89. The minimum atomic E-state index is -0.312. The van der Waals surface area contributed by atoms with Crippen LogP contribution in [-0.4, -0.2) is 68.7 Å². The summed E-state index contributed by atoms with van der Waals surface area (Å²) in [6.07, 6.45) is 2.59. The summed E-state index contributed by atoms with van der Waals surface area (Å²) in [5.74, 6) is -0.244. The van der Waals surface area contributed by atoms with Crippen LogP contribution in [0.2, 0.25) is 0 Å². The van der Waals surface area contributed by atoms with Crippen LogP contribution in [0, 0.1) is 0 Å². The maximum atomic E-state index is 11.4. The van der Waals surface area contributed by atoms with Crippen molar-refractivity contribution in [1.29, 1.82) is 0 Å². The standard InChI is InChI=1S/C11H23N3O2/c1-13(10(9-12)11(15)16-2)7-8-14-5-3-4-6-14/h10H,3-9,12H2,1-2H3. The van der Waals surface area contributed by atoms with E-state index in [9.17, 15) is 4.79 Å². The minimum absolute atomic E-state index is 0.244. The minimum Gasteiger partial charge on any atom is -0.468 e. The van der Waals surface area contributed by atoms with Gasteiger partial charge in [0.15, 0.2) is 0 Å². The third kappa shape index (κ3) is 3.73. The molecule has 1 aliphatic heterocycles. The normalized spacial score (nSPS) is 19.0. The molecule has 0 aromatic rings. The first-order valence-corrected chi connectivity index (χ1v) is 5.89. The monoisotopic (exact) mass is 229 g/mol. The molecular formula is C11H23N3O2. The molecule has 1 atom stereocenters. The highest BCUT2D eigenvalue weighted by Crippen LogP contribution is 2.07. The van der Waals surface area contributed by atoms with E-state index in [1.54, 1.807) is 0 Å². The second kappa shape index (κ2) is 6.83. The van der Waals surface area contributed by atoms with Crippen LogP contribution in [0.25, 0.3) is 0 Å². The van der Waals surface area contributed by atoms with Gasteiger partial charge in [-0.05, 0) is 33.0 Å². The molecule has 1 aliphatic rings. The van der Waals surface area contributed by atoms with Crippen molar-refractivity contribution >= 4 is 5.97 Å². The van der Waals surface area contributed by atoms with E-state index in [-0.39, 0.29) is 12.0 Å². The summed E-state index contributed by atoms with van der Waals surface area (Å²) in [6, 6.07) is -0.312. The molecule has 1 fully saturated rings. The molecule has 1 unspecified atom stereocenters. The fourth-order valence-corrected chi connectivity index (χ4v) is 2.05. The predicted molar refractivity (Wildman–Crippen MR) is 63.2 cm³/mol. The molecule has 5 nitrogen and oxygen atoms in total. The van der Waals surface area contributed by atoms with Crippen LogP contribution in [0.1, 0.15) is 12.8 Å². The molecule has 16 heavy (non-hydrogen) atoms. The number of nitrogens with zero attached hydrogens (tertiary/aromatic N) is 2. The van der Waals surface area contributed by atoms with Gasteiger partial charge in [0.25, 0.3) is 0 Å². The lowest BCUT2D eigenvalue weighted by Gasteiger charge is -2.26. The van der Waals surface area contributed by atoms with E-state index in [0.29, 0.717) is 6.54 Å². The third-order valence-electron chi connectivity index (χ3n) is 3.20. The summed E-state index contributed by atoms with van der Waals surface area (Å²) in [6.45, 7) is 4.53. The second-order valence-corrected chi connectivity index (χ2v) is 4.30. The molecule has 5 heteroatoms. The van der Waals surface area contributed by atoms with Crippen LogP contribution >= 0.6 is 0 Å². The van der Waals surface area contributed by atoms with Gasteiger partial charge in [0.2, 0.25) is 0 Å². The maximum absolute atomic E-state index is 11.4. The van der Waals surface area contributed by atoms with Crippen molar-refractivity contribution < 1.29 is 9.53 Å². The van der Waals surface area contributed by atoms with Crippen molar-refractivity contribution in [3.63, 3.8) is 0 Å². The molecule has 0 bridgehead atoms. The average Bonchev–Trinajstić information content (AvgIpc) is 2.79. The molecule has 0 saturated carbocycles. The van der Waals surface area contributed by atoms with Crippen molar-refractivity contribution in [3.8, 4) is 0 Å². The molecule has 94 valence electrons. The zero-order valence-corrected chi connectivity index (χ0v) is 10.3. The number of likely N-dealkylation sites (tertiary alicyclic amines) is 1. The largest absolute Gasteiger partial charge is 0.468 e. The lowest BCUT2D eigenvalue weighted by atomic mass is 10.2. The molecule has 0 radical (unpaired) electrons. The average molecular weight is 229 g/mol. The number of hydrogen-bond donors (Lipinski definition) is 1. The summed E-state index contributed by atoms with van der Waals surface area (Å²) in [5.41, 5.74) is 5.58. The molecular weight excluding hydrogens is 206 g/mol. The van der Waals surface area contributed by atoms with Crippen LogP contribution < -0.4 is 5.73 Å². The van der Waals surface area contributed by atoms with E-state index in [0.717, 1.165) is 13.1 Å². The van der Waals surface area contributed by atoms with Gasteiger partial charge in [0, 0.05) is 19.6 Å². The van der Waals surface area contributed by atoms with Crippen molar-refractivity contribution in [1.82, 2.24) is 9.80 Å². The van der Waals surface area contributed by atoms with Gasteiger partial charge >= 0.3 is 5.97 Å². The highest BCUT2D eigenvalue weighted by atomic mass is 16.5. The lowest BCUT2D eigenvalue weighted by Crippen LogP contribution is -2.47. The van der Waals surface area contributed by atoms with Crippen LogP contribution in [0.15, 0.2) is 0 Å². The Hall–Kier alpha value is -0.650. The van der Waals surface area contributed by atoms with E-state index < -0.39 is 0 Å². The van der Waals surface area contributed by atoms with Gasteiger partial charge in [-0.3, -0.25) is 9.69 Å². The van der Waals surface area contributed by atoms with Crippen LogP contribution in [0.3, 0.4) is 0 Å². The van der Waals surface area contributed by atoms with Gasteiger partial charge in [0.1, 0.15) is 6.04 Å². The van der Waals surface area contributed by atoms with Gasteiger partial charge < -0.3 is 15.4 Å². The Labute approximate surface area is 97.5 Å². The van der Waals surface area contributed by atoms with E-state index in [4.69, 9.17) is 10.5 Å². The Kier molecular flexibility index (Phi) is 5.73.